The third-order valence-corrected chi connectivity index (χ3v) is 1.89. The summed E-state index contributed by atoms with van der Waals surface area (Å²) in [6.07, 6.45) is -5.18. The molecule has 0 fully saturated rings. The molecule has 1 aromatic carbocycles. The highest BCUT2D eigenvalue weighted by Gasteiger charge is 2.30. The standard InChI is InChI=1S/C7H4F3NO2.C3H9NO2/c8-7(9,10)5-1-3-6(4-2-5)11(12)13;4-1-3(6)2-5/h1-4H;3,5-6H,1-2,4H2. The molecule has 1 atom stereocenters. The van der Waals surface area contributed by atoms with Crippen LogP contribution in [0.2, 0.25) is 0 Å². The molecular weight excluding hydrogens is 269 g/mol. The summed E-state index contributed by atoms with van der Waals surface area (Å²) in [6.45, 7) is -0.104. The van der Waals surface area contributed by atoms with Crippen molar-refractivity contribution in [3.05, 3.63) is 39.9 Å². The van der Waals surface area contributed by atoms with Crippen LogP contribution in [0.1, 0.15) is 5.56 Å². The fraction of sp³-hybridized carbons (Fsp3) is 0.400. The van der Waals surface area contributed by atoms with Crippen molar-refractivity contribution >= 4 is 5.69 Å². The van der Waals surface area contributed by atoms with E-state index < -0.39 is 22.8 Å². The Hall–Kier alpha value is -1.71. The van der Waals surface area contributed by atoms with Crippen molar-refractivity contribution in [3.63, 3.8) is 0 Å². The van der Waals surface area contributed by atoms with E-state index in [4.69, 9.17) is 15.9 Å². The van der Waals surface area contributed by atoms with Gasteiger partial charge in [-0.1, -0.05) is 0 Å². The Kier molecular flexibility index (Phi) is 6.98. The van der Waals surface area contributed by atoms with Crippen LogP contribution in [-0.2, 0) is 6.18 Å². The van der Waals surface area contributed by atoms with Crippen molar-refractivity contribution in [1.29, 1.82) is 0 Å². The summed E-state index contributed by atoms with van der Waals surface area (Å²) < 4.78 is 35.9. The van der Waals surface area contributed by atoms with Gasteiger partial charge in [-0.3, -0.25) is 10.1 Å². The van der Waals surface area contributed by atoms with Gasteiger partial charge in [0, 0.05) is 18.7 Å². The van der Waals surface area contributed by atoms with Gasteiger partial charge in [-0.05, 0) is 12.1 Å². The van der Waals surface area contributed by atoms with E-state index in [1.807, 2.05) is 0 Å². The number of aliphatic hydroxyl groups excluding tert-OH is 2. The Morgan fingerprint density at radius 2 is 1.79 bits per heavy atom. The number of alkyl halides is 3. The highest BCUT2D eigenvalue weighted by atomic mass is 19.4. The van der Waals surface area contributed by atoms with E-state index >= 15 is 0 Å². The van der Waals surface area contributed by atoms with Crippen molar-refractivity contribution in [2.45, 2.75) is 12.3 Å². The second-order valence-electron chi connectivity index (χ2n) is 3.37. The fourth-order valence-electron chi connectivity index (χ4n) is 0.847. The zero-order valence-corrected chi connectivity index (χ0v) is 9.67. The SMILES string of the molecule is NCC(O)CO.O=[N+]([O-])c1ccc(C(F)(F)F)cc1. The lowest BCUT2D eigenvalue weighted by Gasteiger charge is -2.04. The molecule has 1 unspecified atom stereocenters. The molecule has 0 aliphatic carbocycles. The van der Waals surface area contributed by atoms with Crippen LogP contribution in [-0.4, -0.2) is 34.4 Å². The molecule has 0 aliphatic rings. The molecule has 0 aliphatic heterocycles. The van der Waals surface area contributed by atoms with Gasteiger partial charge in [0.1, 0.15) is 0 Å². The van der Waals surface area contributed by atoms with Gasteiger partial charge in [0.25, 0.3) is 5.69 Å². The summed E-state index contributed by atoms with van der Waals surface area (Å²) in [5.74, 6) is 0. The average molecular weight is 282 g/mol. The molecule has 4 N–H and O–H groups in total. The van der Waals surface area contributed by atoms with Crippen LogP contribution in [0.5, 0.6) is 0 Å². The molecule has 0 aromatic heterocycles. The molecule has 1 rings (SSSR count). The van der Waals surface area contributed by atoms with Crippen LogP contribution in [0.4, 0.5) is 18.9 Å². The van der Waals surface area contributed by atoms with Crippen molar-refractivity contribution in [1.82, 2.24) is 0 Å². The van der Waals surface area contributed by atoms with E-state index in [0.717, 1.165) is 12.1 Å². The molecule has 0 amide bonds. The van der Waals surface area contributed by atoms with E-state index in [0.29, 0.717) is 12.1 Å². The summed E-state index contributed by atoms with van der Waals surface area (Å²) in [5.41, 5.74) is 3.63. The lowest BCUT2D eigenvalue weighted by molar-refractivity contribution is -0.384. The first-order valence-corrected chi connectivity index (χ1v) is 5.03. The largest absolute Gasteiger partial charge is 0.416 e. The van der Waals surface area contributed by atoms with Gasteiger partial charge in [0.2, 0.25) is 0 Å². The van der Waals surface area contributed by atoms with Gasteiger partial charge < -0.3 is 15.9 Å². The van der Waals surface area contributed by atoms with Gasteiger partial charge in [0.15, 0.2) is 0 Å². The molecule has 0 saturated heterocycles. The monoisotopic (exact) mass is 282 g/mol. The summed E-state index contributed by atoms with van der Waals surface area (Å²) in [7, 11) is 0. The number of benzene rings is 1. The Morgan fingerprint density at radius 1 is 1.32 bits per heavy atom. The molecule has 19 heavy (non-hydrogen) atoms. The van der Waals surface area contributed by atoms with Crippen molar-refractivity contribution in [2.75, 3.05) is 13.2 Å². The summed E-state index contributed by atoms with van der Waals surface area (Å²) in [6, 6.07) is 3.00. The number of aliphatic hydroxyl groups is 2. The van der Waals surface area contributed by atoms with E-state index in [9.17, 15) is 23.3 Å². The second-order valence-corrected chi connectivity index (χ2v) is 3.37. The summed E-state index contributed by atoms with van der Waals surface area (Å²) >= 11 is 0. The highest BCUT2D eigenvalue weighted by Crippen LogP contribution is 2.29. The predicted molar refractivity (Wildman–Crippen MR) is 60.2 cm³/mol. The van der Waals surface area contributed by atoms with Crippen LogP contribution in [0.25, 0.3) is 0 Å². The number of hydrogen-bond acceptors (Lipinski definition) is 5. The quantitative estimate of drug-likeness (QED) is 0.564. The normalized spacial score (nSPS) is 12.3. The third-order valence-electron chi connectivity index (χ3n) is 1.89. The van der Waals surface area contributed by atoms with E-state index in [-0.39, 0.29) is 18.8 Å². The lowest BCUT2D eigenvalue weighted by atomic mass is 10.2. The summed E-state index contributed by atoms with van der Waals surface area (Å²) in [5, 5.41) is 26.4. The van der Waals surface area contributed by atoms with Gasteiger partial charge >= 0.3 is 6.18 Å². The van der Waals surface area contributed by atoms with Crippen molar-refractivity contribution < 1.29 is 28.3 Å². The number of non-ortho nitro benzene ring substituents is 1. The van der Waals surface area contributed by atoms with Crippen LogP contribution >= 0.6 is 0 Å². The molecule has 9 heteroatoms. The average Bonchev–Trinajstić information content (AvgIpc) is 2.37. The number of rotatable bonds is 3. The van der Waals surface area contributed by atoms with Crippen LogP contribution in [0, 0.1) is 10.1 Å². The number of hydrogen-bond donors (Lipinski definition) is 3. The molecule has 108 valence electrons. The Labute approximate surface area is 106 Å². The molecular formula is C10H13F3N2O4. The Morgan fingerprint density at radius 3 is 2.00 bits per heavy atom. The minimum atomic E-state index is -4.45. The maximum absolute atomic E-state index is 12.0. The number of nitro groups is 1. The first kappa shape index (κ1) is 17.3. The van der Waals surface area contributed by atoms with Gasteiger partial charge in [-0.15, -0.1) is 0 Å². The number of nitro benzene ring substituents is 1. The number of halogens is 3. The predicted octanol–water partition coefficient (Wildman–Crippen LogP) is 0.912. The van der Waals surface area contributed by atoms with Crippen LogP contribution < -0.4 is 5.73 Å². The molecule has 1 aromatic rings. The Bertz CT molecular complexity index is 391. The molecule has 0 spiro atoms. The number of nitrogens with zero attached hydrogens (tertiary/aromatic N) is 1. The molecule has 0 bridgehead atoms. The maximum Gasteiger partial charge on any atom is 0.416 e. The molecule has 0 radical (unpaired) electrons. The lowest BCUT2D eigenvalue weighted by Crippen LogP contribution is -2.22. The zero-order chi connectivity index (χ0) is 15.1. The van der Waals surface area contributed by atoms with Gasteiger partial charge in [-0.25, -0.2) is 0 Å². The third kappa shape index (κ3) is 6.70. The maximum atomic E-state index is 12.0. The summed E-state index contributed by atoms with van der Waals surface area (Å²) in [4.78, 5) is 9.34. The molecule has 6 nitrogen and oxygen atoms in total. The molecule has 0 saturated carbocycles. The van der Waals surface area contributed by atoms with Crippen molar-refractivity contribution in [2.24, 2.45) is 5.73 Å². The molecule has 0 heterocycles. The van der Waals surface area contributed by atoms with Gasteiger partial charge in [0.05, 0.1) is 23.2 Å². The first-order valence-electron chi connectivity index (χ1n) is 5.03. The second kappa shape index (κ2) is 7.67. The zero-order valence-electron chi connectivity index (χ0n) is 9.67. The van der Waals surface area contributed by atoms with Crippen LogP contribution in [0.15, 0.2) is 24.3 Å². The Balaban J connectivity index is 0.000000459. The van der Waals surface area contributed by atoms with E-state index in [1.165, 1.54) is 0 Å². The minimum Gasteiger partial charge on any atom is -0.394 e. The first-order chi connectivity index (χ1) is 8.72. The topological polar surface area (TPSA) is 110 Å². The fourth-order valence-corrected chi connectivity index (χ4v) is 0.847. The smallest absolute Gasteiger partial charge is 0.394 e. The van der Waals surface area contributed by atoms with Gasteiger partial charge in [-0.2, -0.15) is 13.2 Å². The minimum absolute atomic E-state index is 0.135. The number of nitrogens with two attached hydrogens (primary N) is 1. The highest BCUT2D eigenvalue weighted by molar-refractivity contribution is 5.33. The van der Waals surface area contributed by atoms with E-state index in [1.54, 1.807) is 0 Å². The van der Waals surface area contributed by atoms with Crippen molar-refractivity contribution in [3.8, 4) is 0 Å². The van der Waals surface area contributed by atoms with Crippen LogP contribution in [0.3, 0.4) is 0 Å². The van der Waals surface area contributed by atoms with E-state index in [2.05, 4.69) is 0 Å².